The smallest absolute Gasteiger partial charge is 0.335 e. The number of carbonyl (C=O) groups is 2. The number of hydrogen-bond donors (Lipinski definition) is 2. The van der Waals surface area contributed by atoms with Crippen molar-refractivity contribution in [3.63, 3.8) is 0 Å². The highest BCUT2D eigenvalue weighted by Gasteiger charge is 2.15. The van der Waals surface area contributed by atoms with Gasteiger partial charge in [0.05, 0.1) is 17.0 Å². The minimum absolute atomic E-state index is 0.00971. The first-order chi connectivity index (χ1) is 8.69. The zero-order chi connectivity index (χ0) is 14.6. The number of aromatic carboxylic acids is 1. The third-order valence-corrected chi connectivity index (χ3v) is 3.40. The average Bonchev–Trinajstić information content (AvgIpc) is 2.28. The molecule has 0 aliphatic rings. The average molecular weight is 285 g/mol. The van der Waals surface area contributed by atoms with E-state index in [2.05, 4.69) is 5.32 Å². The van der Waals surface area contributed by atoms with Crippen molar-refractivity contribution < 1.29 is 19.1 Å². The van der Waals surface area contributed by atoms with Gasteiger partial charge in [-0.15, -0.1) is 11.8 Å². The second-order valence-electron chi connectivity index (χ2n) is 4.95. The normalized spacial score (nSPS) is 11.2. The van der Waals surface area contributed by atoms with Crippen molar-refractivity contribution in [3.05, 3.63) is 29.6 Å². The van der Waals surface area contributed by atoms with Gasteiger partial charge in [-0.25, -0.2) is 9.18 Å². The van der Waals surface area contributed by atoms with Gasteiger partial charge in [0.1, 0.15) is 5.82 Å². The molecule has 0 heterocycles. The van der Waals surface area contributed by atoms with E-state index in [9.17, 15) is 14.0 Å². The number of halogens is 1. The van der Waals surface area contributed by atoms with E-state index < -0.39 is 11.8 Å². The molecule has 1 amide bonds. The Balaban J connectivity index is 2.67. The van der Waals surface area contributed by atoms with Crippen LogP contribution < -0.4 is 5.32 Å². The Morgan fingerprint density at radius 3 is 2.47 bits per heavy atom. The summed E-state index contributed by atoms with van der Waals surface area (Å²) in [5.41, 5.74) is -0.163. The first-order valence-electron chi connectivity index (χ1n) is 5.66. The quantitative estimate of drug-likeness (QED) is 0.892. The van der Waals surface area contributed by atoms with Gasteiger partial charge in [0.25, 0.3) is 0 Å². The van der Waals surface area contributed by atoms with Crippen LogP contribution in [0.15, 0.2) is 18.2 Å². The molecular weight excluding hydrogens is 269 g/mol. The summed E-state index contributed by atoms with van der Waals surface area (Å²) >= 11 is 1.45. The lowest BCUT2D eigenvalue weighted by molar-refractivity contribution is -0.113. The van der Waals surface area contributed by atoms with Gasteiger partial charge in [-0.2, -0.15) is 0 Å². The van der Waals surface area contributed by atoms with Gasteiger partial charge in [-0.1, -0.05) is 20.8 Å². The predicted octanol–water partition coefficient (Wildman–Crippen LogP) is 2.99. The SMILES string of the molecule is CC(C)(C)SCC(=O)Nc1ccc(C(=O)O)cc1F. The van der Waals surface area contributed by atoms with Crippen molar-refractivity contribution in [3.8, 4) is 0 Å². The molecule has 0 fully saturated rings. The van der Waals surface area contributed by atoms with Gasteiger partial charge in [0.15, 0.2) is 0 Å². The third-order valence-electron chi connectivity index (χ3n) is 2.13. The van der Waals surface area contributed by atoms with E-state index >= 15 is 0 Å². The van der Waals surface area contributed by atoms with Crippen LogP contribution in [-0.2, 0) is 4.79 Å². The van der Waals surface area contributed by atoms with Crippen molar-refractivity contribution in [2.75, 3.05) is 11.1 Å². The molecule has 0 bridgehead atoms. The number of hydrogen-bond acceptors (Lipinski definition) is 3. The van der Waals surface area contributed by atoms with E-state index in [-0.39, 0.29) is 27.7 Å². The summed E-state index contributed by atoms with van der Waals surface area (Å²) in [7, 11) is 0. The molecule has 0 aliphatic carbocycles. The summed E-state index contributed by atoms with van der Waals surface area (Å²) in [6.07, 6.45) is 0. The van der Waals surface area contributed by atoms with Gasteiger partial charge < -0.3 is 10.4 Å². The van der Waals surface area contributed by atoms with Crippen LogP contribution in [0.3, 0.4) is 0 Å². The van der Waals surface area contributed by atoms with E-state index in [1.165, 1.54) is 23.9 Å². The highest BCUT2D eigenvalue weighted by Crippen LogP contribution is 2.23. The minimum Gasteiger partial charge on any atom is -0.478 e. The molecule has 0 aliphatic heterocycles. The number of nitrogens with one attached hydrogen (secondary N) is 1. The Kier molecular flexibility index (Phi) is 4.94. The van der Waals surface area contributed by atoms with Crippen LogP contribution >= 0.6 is 11.8 Å². The third kappa shape index (κ3) is 5.30. The molecule has 4 nitrogen and oxygen atoms in total. The molecule has 0 saturated heterocycles. The highest BCUT2D eigenvalue weighted by molar-refractivity contribution is 8.01. The Hall–Kier alpha value is -1.56. The number of carboxylic acids is 1. The lowest BCUT2D eigenvalue weighted by atomic mass is 10.2. The lowest BCUT2D eigenvalue weighted by Gasteiger charge is -2.17. The van der Waals surface area contributed by atoms with Crippen molar-refractivity contribution >= 4 is 29.3 Å². The molecule has 2 N–H and O–H groups in total. The zero-order valence-corrected chi connectivity index (χ0v) is 11.8. The van der Waals surface area contributed by atoms with Gasteiger partial charge in [0.2, 0.25) is 5.91 Å². The molecule has 0 spiro atoms. The summed E-state index contributed by atoms with van der Waals surface area (Å²) < 4.78 is 13.5. The van der Waals surface area contributed by atoms with E-state index in [4.69, 9.17) is 5.11 Å². The molecule has 1 rings (SSSR count). The van der Waals surface area contributed by atoms with E-state index in [0.29, 0.717) is 0 Å². The second-order valence-corrected chi connectivity index (χ2v) is 6.75. The lowest BCUT2D eigenvalue weighted by Crippen LogP contribution is -2.19. The second kappa shape index (κ2) is 6.06. The molecule has 1 aromatic rings. The van der Waals surface area contributed by atoms with Crippen LogP contribution in [0.1, 0.15) is 31.1 Å². The largest absolute Gasteiger partial charge is 0.478 e. The standard InChI is InChI=1S/C13H16FNO3S/c1-13(2,3)19-7-11(16)15-10-5-4-8(12(17)18)6-9(10)14/h4-6H,7H2,1-3H3,(H,15,16)(H,17,18). The maximum absolute atomic E-state index is 13.6. The fraction of sp³-hybridized carbons (Fsp3) is 0.385. The van der Waals surface area contributed by atoms with Gasteiger partial charge in [-0.05, 0) is 18.2 Å². The van der Waals surface area contributed by atoms with Crippen LogP contribution in [-0.4, -0.2) is 27.5 Å². The van der Waals surface area contributed by atoms with Crippen LogP contribution in [0.25, 0.3) is 0 Å². The molecule has 6 heteroatoms. The van der Waals surface area contributed by atoms with Crippen molar-refractivity contribution in [2.45, 2.75) is 25.5 Å². The van der Waals surface area contributed by atoms with Gasteiger partial charge >= 0.3 is 5.97 Å². The van der Waals surface area contributed by atoms with Crippen molar-refractivity contribution in [1.29, 1.82) is 0 Å². The number of rotatable bonds is 4. The first-order valence-corrected chi connectivity index (χ1v) is 6.64. The molecule has 0 saturated carbocycles. The summed E-state index contributed by atoms with van der Waals surface area (Å²) in [6, 6.07) is 3.38. The van der Waals surface area contributed by atoms with Crippen LogP contribution in [0.5, 0.6) is 0 Å². The molecule has 0 unspecified atom stereocenters. The Labute approximate surface area is 115 Å². The highest BCUT2D eigenvalue weighted by atomic mass is 32.2. The van der Waals surface area contributed by atoms with E-state index in [1.54, 1.807) is 0 Å². The number of amides is 1. The predicted molar refractivity (Wildman–Crippen MR) is 74.2 cm³/mol. The molecule has 0 aromatic heterocycles. The minimum atomic E-state index is -1.21. The number of benzene rings is 1. The van der Waals surface area contributed by atoms with Gasteiger partial charge in [-0.3, -0.25) is 4.79 Å². The summed E-state index contributed by atoms with van der Waals surface area (Å²) in [5.74, 6) is -2.07. The topological polar surface area (TPSA) is 66.4 Å². The monoisotopic (exact) mass is 285 g/mol. The fourth-order valence-corrected chi connectivity index (χ4v) is 1.85. The maximum atomic E-state index is 13.6. The van der Waals surface area contributed by atoms with Crippen molar-refractivity contribution in [2.24, 2.45) is 0 Å². The van der Waals surface area contributed by atoms with E-state index in [1.807, 2.05) is 20.8 Å². The van der Waals surface area contributed by atoms with Gasteiger partial charge in [0, 0.05) is 4.75 Å². The number of carboxylic acid groups (broad SMARTS) is 1. The molecule has 19 heavy (non-hydrogen) atoms. The number of anilines is 1. The summed E-state index contributed by atoms with van der Waals surface area (Å²) in [6.45, 7) is 5.94. The number of thioether (sulfide) groups is 1. The molecule has 1 aromatic carbocycles. The number of carbonyl (C=O) groups excluding carboxylic acids is 1. The first kappa shape index (κ1) is 15.5. The molecular formula is C13H16FNO3S. The Bertz CT molecular complexity index is 497. The van der Waals surface area contributed by atoms with Crippen molar-refractivity contribution in [1.82, 2.24) is 0 Å². The summed E-state index contributed by atoms with van der Waals surface area (Å²) in [5, 5.41) is 11.1. The molecule has 104 valence electrons. The van der Waals surface area contributed by atoms with E-state index in [0.717, 1.165) is 6.07 Å². The maximum Gasteiger partial charge on any atom is 0.335 e. The van der Waals surface area contributed by atoms with Crippen LogP contribution in [0, 0.1) is 5.82 Å². The molecule has 0 atom stereocenters. The zero-order valence-electron chi connectivity index (χ0n) is 11.0. The Morgan fingerprint density at radius 1 is 1.37 bits per heavy atom. The summed E-state index contributed by atoms with van der Waals surface area (Å²) in [4.78, 5) is 22.3. The Morgan fingerprint density at radius 2 is 2.00 bits per heavy atom. The fourth-order valence-electron chi connectivity index (χ4n) is 1.22. The van der Waals surface area contributed by atoms with Crippen LogP contribution in [0.4, 0.5) is 10.1 Å². The van der Waals surface area contributed by atoms with Crippen LogP contribution in [0.2, 0.25) is 0 Å². The molecule has 0 radical (unpaired) electrons.